The minimum absolute atomic E-state index is 0.359. The number of nitrogens with zero attached hydrogens (tertiary/aromatic N) is 2. The van der Waals surface area contributed by atoms with Crippen LogP contribution in [-0.2, 0) is 16.4 Å². The van der Waals surface area contributed by atoms with Crippen molar-refractivity contribution in [2.75, 3.05) is 16.6 Å². The van der Waals surface area contributed by atoms with E-state index in [1.165, 1.54) is 11.2 Å². The number of rotatable bonds is 2. The van der Waals surface area contributed by atoms with Gasteiger partial charge in [-0.05, 0) is 25.5 Å². The summed E-state index contributed by atoms with van der Waals surface area (Å²) in [6.45, 7) is 1.75. The van der Waals surface area contributed by atoms with Crippen LogP contribution in [-0.4, -0.2) is 20.2 Å². The van der Waals surface area contributed by atoms with Gasteiger partial charge in [0.2, 0.25) is 0 Å². The van der Waals surface area contributed by atoms with Crippen LogP contribution < -0.4 is 10.0 Å². The summed E-state index contributed by atoms with van der Waals surface area (Å²) in [6.07, 6.45) is 0.597. The van der Waals surface area contributed by atoms with Crippen molar-refractivity contribution in [2.45, 2.75) is 18.6 Å². The summed E-state index contributed by atoms with van der Waals surface area (Å²) in [4.78, 5) is 0. The summed E-state index contributed by atoms with van der Waals surface area (Å²) in [7, 11) is -3.60. The van der Waals surface area contributed by atoms with Crippen molar-refractivity contribution in [3.63, 3.8) is 0 Å². The first kappa shape index (κ1) is 11.7. The molecule has 0 bridgehead atoms. The van der Waals surface area contributed by atoms with Crippen molar-refractivity contribution in [3.8, 4) is 6.07 Å². The molecule has 1 unspecified atom stereocenters. The topological polar surface area (TPSA) is 87.2 Å². The Bertz CT molecular complexity index is 589. The van der Waals surface area contributed by atoms with Gasteiger partial charge >= 0.3 is 0 Å². The Hall–Kier alpha value is -1.74. The number of nitrogen functional groups attached to an aromatic ring is 1. The van der Waals surface area contributed by atoms with Gasteiger partial charge in [0.05, 0.1) is 11.8 Å². The lowest BCUT2D eigenvalue weighted by Gasteiger charge is -2.20. The fraction of sp³-hybridized carbons (Fsp3) is 0.364. The summed E-state index contributed by atoms with van der Waals surface area (Å²) in [5.74, 6) is 0. The quantitative estimate of drug-likeness (QED) is 0.790. The number of sulfonamides is 1. The molecule has 0 aromatic heterocycles. The molecule has 90 valence electrons. The molecule has 0 saturated heterocycles. The highest BCUT2D eigenvalue weighted by molar-refractivity contribution is 7.93. The minimum Gasteiger partial charge on any atom is -0.398 e. The van der Waals surface area contributed by atoms with Crippen molar-refractivity contribution in [2.24, 2.45) is 0 Å². The summed E-state index contributed by atoms with van der Waals surface area (Å²) >= 11 is 0. The van der Waals surface area contributed by atoms with E-state index in [0.29, 0.717) is 24.3 Å². The van der Waals surface area contributed by atoms with Crippen LogP contribution in [0.2, 0.25) is 0 Å². The van der Waals surface area contributed by atoms with E-state index in [4.69, 9.17) is 11.0 Å². The Labute approximate surface area is 101 Å². The largest absolute Gasteiger partial charge is 0.398 e. The van der Waals surface area contributed by atoms with Gasteiger partial charge in [-0.15, -0.1) is 0 Å². The van der Waals surface area contributed by atoms with E-state index in [1.807, 2.05) is 0 Å². The molecular weight excluding hydrogens is 238 g/mol. The number of benzene rings is 1. The maximum absolute atomic E-state index is 12.1. The summed E-state index contributed by atoms with van der Waals surface area (Å²) < 4.78 is 25.5. The second kappa shape index (κ2) is 3.93. The van der Waals surface area contributed by atoms with Gasteiger partial charge in [0, 0.05) is 17.8 Å². The maximum atomic E-state index is 12.1. The third-order valence-electron chi connectivity index (χ3n) is 2.96. The van der Waals surface area contributed by atoms with E-state index >= 15 is 0 Å². The van der Waals surface area contributed by atoms with Crippen molar-refractivity contribution in [1.29, 1.82) is 5.26 Å². The van der Waals surface area contributed by atoms with Gasteiger partial charge in [-0.2, -0.15) is 5.26 Å². The summed E-state index contributed by atoms with van der Waals surface area (Å²) in [5.41, 5.74) is 7.85. The number of nitriles is 1. The van der Waals surface area contributed by atoms with Crippen LogP contribution in [0.25, 0.3) is 0 Å². The molecule has 1 aliphatic rings. The van der Waals surface area contributed by atoms with Crippen LogP contribution in [0.15, 0.2) is 18.2 Å². The third-order valence-corrected chi connectivity index (χ3v) is 4.95. The fourth-order valence-electron chi connectivity index (χ4n) is 1.95. The predicted octanol–water partition coefficient (Wildman–Crippen LogP) is 0.873. The molecule has 0 spiro atoms. The average Bonchev–Trinajstić information content (AvgIpc) is 2.73. The van der Waals surface area contributed by atoms with Crippen LogP contribution in [0.4, 0.5) is 11.4 Å². The highest BCUT2D eigenvalue weighted by Gasteiger charge is 2.34. The van der Waals surface area contributed by atoms with Crippen LogP contribution in [0.3, 0.4) is 0 Å². The molecule has 1 aromatic rings. The lowest BCUT2D eigenvalue weighted by Crippen LogP contribution is -2.35. The van der Waals surface area contributed by atoms with Crippen LogP contribution in [0, 0.1) is 11.3 Å². The SMILES string of the molecule is CC(C#N)S(=O)(=O)N1CCc2c(N)cccc21. The standard InChI is InChI=1S/C11H13N3O2S/c1-8(7-12)17(15,16)14-6-5-9-10(13)3-2-4-11(9)14/h2-4,8H,5-6,13H2,1H3. The molecule has 1 aromatic carbocycles. The molecular formula is C11H13N3O2S. The van der Waals surface area contributed by atoms with Gasteiger partial charge in [0.25, 0.3) is 10.0 Å². The van der Waals surface area contributed by atoms with Crippen LogP contribution >= 0.6 is 0 Å². The van der Waals surface area contributed by atoms with Gasteiger partial charge in [0.1, 0.15) is 0 Å². The molecule has 0 radical (unpaired) electrons. The normalized spacial score (nSPS) is 16.4. The van der Waals surface area contributed by atoms with Crippen molar-refractivity contribution < 1.29 is 8.42 Å². The lowest BCUT2D eigenvalue weighted by atomic mass is 10.1. The van der Waals surface area contributed by atoms with E-state index in [9.17, 15) is 8.42 Å². The minimum atomic E-state index is -3.60. The first-order valence-corrected chi connectivity index (χ1v) is 6.77. The summed E-state index contributed by atoms with van der Waals surface area (Å²) in [5, 5.41) is 7.71. The predicted molar refractivity (Wildman–Crippen MR) is 65.9 cm³/mol. The number of nitrogens with two attached hydrogens (primary N) is 1. The van der Waals surface area contributed by atoms with Gasteiger partial charge in [-0.1, -0.05) is 6.07 Å². The molecule has 0 fully saturated rings. The van der Waals surface area contributed by atoms with Gasteiger partial charge in [-0.3, -0.25) is 4.31 Å². The molecule has 17 heavy (non-hydrogen) atoms. The molecule has 2 rings (SSSR count). The molecule has 0 saturated carbocycles. The Morgan fingerprint density at radius 1 is 1.53 bits per heavy atom. The zero-order chi connectivity index (χ0) is 12.6. The smallest absolute Gasteiger partial charge is 0.251 e. The Morgan fingerprint density at radius 2 is 2.24 bits per heavy atom. The number of hydrogen-bond donors (Lipinski definition) is 1. The lowest BCUT2D eigenvalue weighted by molar-refractivity contribution is 0.588. The van der Waals surface area contributed by atoms with Crippen LogP contribution in [0.5, 0.6) is 0 Å². The van der Waals surface area contributed by atoms with Crippen molar-refractivity contribution >= 4 is 21.4 Å². The highest BCUT2D eigenvalue weighted by Crippen LogP contribution is 2.34. The third kappa shape index (κ3) is 1.72. The van der Waals surface area contributed by atoms with Crippen molar-refractivity contribution in [1.82, 2.24) is 0 Å². The van der Waals surface area contributed by atoms with Crippen LogP contribution in [0.1, 0.15) is 12.5 Å². The molecule has 0 amide bonds. The number of hydrogen-bond acceptors (Lipinski definition) is 4. The van der Waals surface area contributed by atoms with Gasteiger partial charge in [-0.25, -0.2) is 8.42 Å². The average molecular weight is 251 g/mol. The van der Waals surface area contributed by atoms with E-state index in [2.05, 4.69) is 0 Å². The van der Waals surface area contributed by atoms with Gasteiger partial charge in [0.15, 0.2) is 5.25 Å². The first-order chi connectivity index (χ1) is 7.98. The molecule has 1 aliphatic heterocycles. The Kier molecular flexibility index (Phi) is 2.71. The molecule has 1 heterocycles. The van der Waals surface area contributed by atoms with E-state index < -0.39 is 15.3 Å². The Balaban J connectivity index is 2.49. The second-order valence-electron chi connectivity index (χ2n) is 3.98. The molecule has 1 atom stereocenters. The van der Waals surface area contributed by atoms with Gasteiger partial charge < -0.3 is 5.73 Å². The molecule has 2 N–H and O–H groups in total. The monoisotopic (exact) mass is 251 g/mol. The first-order valence-electron chi connectivity index (χ1n) is 5.27. The molecule has 6 heteroatoms. The number of fused-ring (bicyclic) bond motifs is 1. The Morgan fingerprint density at radius 3 is 2.88 bits per heavy atom. The fourth-order valence-corrected chi connectivity index (χ4v) is 3.26. The maximum Gasteiger partial charge on any atom is 0.251 e. The summed E-state index contributed by atoms with van der Waals surface area (Å²) in [6, 6.07) is 6.96. The number of anilines is 2. The zero-order valence-corrected chi connectivity index (χ0v) is 10.2. The second-order valence-corrected chi connectivity index (χ2v) is 6.16. The van der Waals surface area contributed by atoms with Crippen molar-refractivity contribution in [3.05, 3.63) is 23.8 Å². The molecule has 0 aliphatic carbocycles. The van der Waals surface area contributed by atoms with E-state index in [1.54, 1.807) is 24.3 Å². The van der Waals surface area contributed by atoms with E-state index in [0.717, 1.165) is 5.56 Å². The zero-order valence-electron chi connectivity index (χ0n) is 9.42. The molecule has 5 nitrogen and oxygen atoms in total. The highest BCUT2D eigenvalue weighted by atomic mass is 32.2. The van der Waals surface area contributed by atoms with E-state index in [-0.39, 0.29) is 0 Å².